The molecule has 1 spiro atoms. The van der Waals surface area contributed by atoms with Gasteiger partial charge in [-0.3, -0.25) is 4.57 Å². The second kappa shape index (κ2) is 10.7. The number of nitrogens with zero attached hydrogens (tertiary/aromatic N) is 4. The first-order chi connectivity index (χ1) is 26.3. The van der Waals surface area contributed by atoms with Crippen molar-refractivity contribution >= 4 is 55.4 Å². The zero-order chi connectivity index (χ0) is 34.7. The number of aromatic nitrogens is 4. The Morgan fingerprint density at radius 1 is 0.491 bits per heavy atom. The van der Waals surface area contributed by atoms with Gasteiger partial charge >= 0.3 is 0 Å². The third kappa shape index (κ3) is 3.84. The Bertz CT molecular complexity index is 3120. The molecule has 246 valence electrons. The Labute approximate surface area is 309 Å². The molecule has 0 radical (unpaired) electrons. The number of hydrogen-bond donors (Lipinski definition) is 0. The minimum atomic E-state index is -0.465. The first-order valence-electron chi connectivity index (χ1n) is 17.9. The molecule has 0 unspecified atom stereocenters. The maximum absolute atomic E-state index is 5.40. The van der Waals surface area contributed by atoms with E-state index in [4.69, 9.17) is 15.0 Å². The van der Waals surface area contributed by atoms with Crippen LogP contribution in [0.15, 0.2) is 180 Å². The fourth-order valence-corrected chi connectivity index (χ4v) is 10.4. The van der Waals surface area contributed by atoms with Crippen LogP contribution in [0.25, 0.3) is 71.9 Å². The average Bonchev–Trinajstić information content (AvgIpc) is 3.71. The highest BCUT2D eigenvalue weighted by atomic mass is 32.2. The highest BCUT2D eigenvalue weighted by Crippen LogP contribution is 2.62. The second-order valence-corrected chi connectivity index (χ2v) is 15.0. The van der Waals surface area contributed by atoms with Gasteiger partial charge in [0.2, 0.25) is 5.95 Å². The van der Waals surface area contributed by atoms with E-state index in [1.54, 1.807) is 0 Å². The molecule has 1 aliphatic carbocycles. The van der Waals surface area contributed by atoms with Gasteiger partial charge in [0.1, 0.15) is 0 Å². The van der Waals surface area contributed by atoms with Gasteiger partial charge in [-0.2, -0.15) is 4.98 Å². The lowest BCUT2D eigenvalue weighted by atomic mass is 9.67. The minimum Gasteiger partial charge on any atom is -0.277 e. The predicted molar refractivity (Wildman–Crippen MR) is 216 cm³/mol. The maximum atomic E-state index is 5.40. The summed E-state index contributed by atoms with van der Waals surface area (Å²) in [4.78, 5) is 17.9. The summed E-state index contributed by atoms with van der Waals surface area (Å²) in [5, 5.41) is 5.61. The van der Waals surface area contributed by atoms with E-state index in [0.29, 0.717) is 11.6 Å². The van der Waals surface area contributed by atoms with Crippen molar-refractivity contribution in [1.29, 1.82) is 0 Å². The first kappa shape index (κ1) is 29.1. The zero-order valence-electron chi connectivity index (χ0n) is 28.4. The van der Waals surface area contributed by atoms with Gasteiger partial charge in [0.25, 0.3) is 0 Å². The number of hydrogen-bond acceptors (Lipinski definition) is 4. The molecule has 4 nitrogen and oxygen atoms in total. The molecule has 2 aliphatic rings. The monoisotopic (exact) mass is 692 g/mol. The Balaban J connectivity index is 1.25. The number of rotatable bonds is 2. The molecule has 4 heterocycles. The van der Waals surface area contributed by atoms with Gasteiger partial charge in [-0.25, -0.2) is 9.97 Å². The molecule has 0 bridgehead atoms. The number of benzene rings is 7. The van der Waals surface area contributed by atoms with Crippen LogP contribution in [0.5, 0.6) is 0 Å². The van der Waals surface area contributed by atoms with Crippen LogP contribution in [0.4, 0.5) is 0 Å². The fraction of sp³-hybridized carbons (Fsp3) is 0.0208. The van der Waals surface area contributed by atoms with E-state index >= 15 is 0 Å². The quantitative estimate of drug-likeness (QED) is 0.181. The van der Waals surface area contributed by atoms with Gasteiger partial charge in [-0.05, 0) is 69.1 Å². The van der Waals surface area contributed by atoms with Gasteiger partial charge in [0.15, 0.2) is 5.65 Å². The normalized spacial score (nSPS) is 13.7. The lowest BCUT2D eigenvalue weighted by Crippen LogP contribution is -2.32. The van der Waals surface area contributed by atoms with Gasteiger partial charge < -0.3 is 0 Å². The molecular formula is C48H28N4S. The fourth-order valence-electron chi connectivity index (χ4n) is 9.20. The summed E-state index contributed by atoms with van der Waals surface area (Å²) < 4.78 is 2.29. The van der Waals surface area contributed by atoms with Crippen LogP contribution in [0.2, 0.25) is 0 Å². The van der Waals surface area contributed by atoms with Gasteiger partial charge in [0.05, 0.1) is 22.1 Å². The highest BCUT2D eigenvalue weighted by molar-refractivity contribution is 7.99. The standard InChI is InChI=1S/C48H28N4S/c1-2-14-30(15-3-1)44-35-19-12-26-49-46(35)51-47(50-44)52-41-28-43-40(27-36(41)34-25-24-29-13-4-5-16-31(29)45(34)52)48(39-22-10-11-23-42(39)53-43)37-20-8-6-17-32(37)33-18-7-9-21-38(33)48/h1-28H. The van der Waals surface area contributed by atoms with Crippen molar-refractivity contribution in [1.82, 2.24) is 19.5 Å². The van der Waals surface area contributed by atoms with Crippen molar-refractivity contribution in [3.05, 3.63) is 192 Å². The topological polar surface area (TPSA) is 43.6 Å². The van der Waals surface area contributed by atoms with E-state index in [9.17, 15) is 0 Å². The molecule has 0 saturated carbocycles. The summed E-state index contributed by atoms with van der Waals surface area (Å²) in [6, 6.07) is 59.5. The third-order valence-electron chi connectivity index (χ3n) is 11.3. The smallest absolute Gasteiger partial charge is 0.237 e. The lowest BCUT2D eigenvalue weighted by molar-refractivity contribution is 0.724. The van der Waals surface area contributed by atoms with E-state index in [0.717, 1.165) is 33.1 Å². The molecule has 0 amide bonds. The Hall–Kier alpha value is -6.56. The van der Waals surface area contributed by atoms with Crippen LogP contribution in [-0.4, -0.2) is 19.5 Å². The lowest BCUT2D eigenvalue weighted by Gasteiger charge is -2.39. The number of pyridine rings is 1. The van der Waals surface area contributed by atoms with Crippen molar-refractivity contribution in [3.8, 4) is 28.3 Å². The molecule has 53 heavy (non-hydrogen) atoms. The molecule has 0 N–H and O–H groups in total. The van der Waals surface area contributed by atoms with E-state index < -0.39 is 5.41 Å². The Morgan fingerprint density at radius 2 is 1.19 bits per heavy atom. The SMILES string of the molecule is c1ccc(-c2nc(-n3c4cc5c(cc4c4ccc6ccccc6c43)C3(c4ccccc4S5)c4ccccc4-c4ccccc43)nc3ncccc23)cc1. The van der Waals surface area contributed by atoms with Crippen molar-refractivity contribution < 1.29 is 0 Å². The third-order valence-corrected chi connectivity index (χ3v) is 12.5. The molecule has 0 fully saturated rings. The van der Waals surface area contributed by atoms with Crippen LogP contribution in [-0.2, 0) is 5.41 Å². The maximum Gasteiger partial charge on any atom is 0.237 e. The van der Waals surface area contributed by atoms with E-state index in [2.05, 4.69) is 156 Å². The van der Waals surface area contributed by atoms with Crippen molar-refractivity contribution in [2.24, 2.45) is 0 Å². The molecule has 1 aliphatic heterocycles. The summed E-state index contributed by atoms with van der Waals surface area (Å²) in [5.74, 6) is 0.610. The zero-order valence-corrected chi connectivity index (χ0v) is 29.2. The molecule has 5 heteroatoms. The van der Waals surface area contributed by atoms with Gasteiger partial charge in [-0.15, -0.1) is 0 Å². The van der Waals surface area contributed by atoms with E-state index in [1.165, 1.54) is 59.3 Å². The summed E-state index contributed by atoms with van der Waals surface area (Å²) in [7, 11) is 0. The highest BCUT2D eigenvalue weighted by Gasteiger charge is 2.50. The van der Waals surface area contributed by atoms with Crippen LogP contribution in [0.1, 0.15) is 22.3 Å². The van der Waals surface area contributed by atoms with Crippen molar-refractivity contribution in [3.63, 3.8) is 0 Å². The van der Waals surface area contributed by atoms with Crippen molar-refractivity contribution in [2.75, 3.05) is 0 Å². The van der Waals surface area contributed by atoms with E-state index in [1.807, 2.05) is 30.1 Å². The van der Waals surface area contributed by atoms with Gasteiger partial charge in [-0.1, -0.05) is 145 Å². The molecule has 0 saturated heterocycles. The van der Waals surface area contributed by atoms with Crippen LogP contribution in [0.3, 0.4) is 0 Å². The molecule has 7 aromatic carbocycles. The molecular weight excluding hydrogens is 665 g/mol. The number of fused-ring (bicyclic) bond motifs is 15. The Morgan fingerprint density at radius 3 is 2.02 bits per heavy atom. The van der Waals surface area contributed by atoms with Crippen LogP contribution >= 0.6 is 11.8 Å². The van der Waals surface area contributed by atoms with E-state index in [-0.39, 0.29) is 0 Å². The second-order valence-electron chi connectivity index (χ2n) is 13.9. The summed E-state index contributed by atoms with van der Waals surface area (Å²) >= 11 is 1.86. The summed E-state index contributed by atoms with van der Waals surface area (Å²) in [6.45, 7) is 0. The molecule has 12 rings (SSSR count). The largest absolute Gasteiger partial charge is 0.277 e. The predicted octanol–water partition coefficient (Wildman–Crippen LogP) is 11.8. The van der Waals surface area contributed by atoms with Crippen molar-refractivity contribution in [2.45, 2.75) is 15.2 Å². The van der Waals surface area contributed by atoms with Crippen LogP contribution < -0.4 is 0 Å². The molecule has 3 aromatic heterocycles. The Kier molecular flexibility index (Phi) is 5.89. The molecule has 10 aromatic rings. The summed E-state index contributed by atoms with van der Waals surface area (Å²) in [5.41, 5.74) is 12.2. The van der Waals surface area contributed by atoms with Crippen LogP contribution in [0, 0.1) is 0 Å². The van der Waals surface area contributed by atoms with Gasteiger partial charge in [0, 0.05) is 43.1 Å². The first-order valence-corrected chi connectivity index (χ1v) is 18.8. The summed E-state index contributed by atoms with van der Waals surface area (Å²) in [6.07, 6.45) is 1.82. The minimum absolute atomic E-state index is 0.465. The average molecular weight is 693 g/mol. The molecule has 0 atom stereocenters.